The number of hydrogen-bond donors (Lipinski definition) is 2. The number of hydrogen-bond acceptors (Lipinski definition) is 5. The lowest BCUT2D eigenvalue weighted by Crippen LogP contribution is -2.39. The molecule has 0 saturated carbocycles. The second-order valence-corrected chi connectivity index (χ2v) is 9.24. The lowest BCUT2D eigenvalue weighted by atomic mass is 9.82. The fraction of sp³-hybridized carbons (Fsp3) is 0.381. The van der Waals surface area contributed by atoms with Crippen LogP contribution in [0.5, 0.6) is 0 Å². The zero-order valence-electron chi connectivity index (χ0n) is 16.2. The Hall–Kier alpha value is -1.93. The number of ether oxygens (including phenoxy) is 1. The Kier molecular flexibility index (Phi) is 6.95. The molecule has 0 saturated heterocycles. The number of benzene rings is 2. The summed E-state index contributed by atoms with van der Waals surface area (Å²) in [5.74, 6) is -0.295. The van der Waals surface area contributed by atoms with Crippen molar-refractivity contribution in [3.63, 3.8) is 0 Å². The van der Waals surface area contributed by atoms with Crippen molar-refractivity contribution < 1.29 is 23.1 Å². The largest absolute Gasteiger partial charge is 0.469 e. The molecule has 0 spiro atoms. The van der Waals surface area contributed by atoms with Crippen molar-refractivity contribution in [3.05, 3.63) is 63.7 Å². The van der Waals surface area contributed by atoms with Gasteiger partial charge in [0.15, 0.2) is 0 Å². The fourth-order valence-corrected chi connectivity index (χ4v) is 5.17. The standard InChI is InChI=1S/C21H24ClNO5S/c1-28-21(25)11-10-20-15(13-24)3-2-14-12-17(6-9-19(14)20)23-29(26,27)18-7-4-16(22)5-8-18/h2-5,7-8,17,23-24H,6,9-13H2,1H3. The summed E-state index contributed by atoms with van der Waals surface area (Å²) in [5, 5.41) is 10.2. The zero-order valence-corrected chi connectivity index (χ0v) is 17.7. The monoisotopic (exact) mass is 437 g/mol. The van der Waals surface area contributed by atoms with Crippen LogP contribution in [0.2, 0.25) is 5.02 Å². The van der Waals surface area contributed by atoms with Gasteiger partial charge >= 0.3 is 5.97 Å². The minimum atomic E-state index is -3.64. The van der Waals surface area contributed by atoms with E-state index < -0.39 is 10.0 Å². The summed E-state index contributed by atoms with van der Waals surface area (Å²) in [6.07, 6.45) is 2.60. The van der Waals surface area contributed by atoms with Gasteiger partial charge in [0.2, 0.25) is 10.0 Å². The highest BCUT2D eigenvalue weighted by molar-refractivity contribution is 7.89. The maximum Gasteiger partial charge on any atom is 0.305 e. The molecule has 8 heteroatoms. The highest BCUT2D eigenvalue weighted by atomic mass is 35.5. The zero-order chi connectivity index (χ0) is 21.0. The summed E-state index contributed by atoms with van der Waals surface area (Å²) in [4.78, 5) is 11.7. The molecule has 3 rings (SSSR count). The summed E-state index contributed by atoms with van der Waals surface area (Å²) in [5.41, 5.74) is 3.90. The smallest absolute Gasteiger partial charge is 0.305 e. The van der Waals surface area contributed by atoms with Crippen LogP contribution in [-0.4, -0.2) is 32.6 Å². The van der Waals surface area contributed by atoms with E-state index >= 15 is 0 Å². The maximum atomic E-state index is 12.7. The van der Waals surface area contributed by atoms with Gasteiger partial charge in [0.25, 0.3) is 0 Å². The molecule has 0 bridgehead atoms. The van der Waals surface area contributed by atoms with E-state index in [1.54, 1.807) is 12.1 Å². The third kappa shape index (κ3) is 5.17. The molecule has 1 aliphatic carbocycles. The van der Waals surface area contributed by atoms with E-state index in [-0.39, 0.29) is 29.9 Å². The summed E-state index contributed by atoms with van der Waals surface area (Å²) >= 11 is 5.84. The number of carbonyl (C=O) groups is 1. The van der Waals surface area contributed by atoms with Crippen molar-refractivity contribution in [3.8, 4) is 0 Å². The van der Waals surface area contributed by atoms with Crippen LogP contribution < -0.4 is 4.72 Å². The number of fused-ring (bicyclic) bond motifs is 1. The van der Waals surface area contributed by atoms with Gasteiger partial charge in [-0.3, -0.25) is 4.79 Å². The number of sulfonamides is 1. The van der Waals surface area contributed by atoms with E-state index in [2.05, 4.69) is 4.72 Å². The van der Waals surface area contributed by atoms with Crippen molar-refractivity contribution in [1.82, 2.24) is 4.72 Å². The molecule has 0 radical (unpaired) electrons. The Balaban J connectivity index is 1.78. The van der Waals surface area contributed by atoms with Gasteiger partial charge in [-0.1, -0.05) is 23.7 Å². The average molecular weight is 438 g/mol. The second-order valence-electron chi connectivity index (χ2n) is 7.09. The Morgan fingerprint density at radius 2 is 1.97 bits per heavy atom. The topological polar surface area (TPSA) is 92.7 Å². The van der Waals surface area contributed by atoms with E-state index in [1.165, 1.54) is 19.2 Å². The maximum absolute atomic E-state index is 12.7. The molecule has 2 aromatic carbocycles. The number of esters is 1. The van der Waals surface area contributed by atoms with Crippen molar-refractivity contribution in [1.29, 1.82) is 0 Å². The molecule has 2 aromatic rings. The SMILES string of the molecule is COC(=O)CCc1c(CO)ccc2c1CCC(NS(=O)(=O)c1ccc(Cl)cc1)C2. The van der Waals surface area contributed by atoms with Crippen LogP contribution in [0.4, 0.5) is 0 Å². The van der Waals surface area contributed by atoms with Crippen LogP contribution in [0.1, 0.15) is 35.1 Å². The van der Waals surface area contributed by atoms with E-state index in [4.69, 9.17) is 16.3 Å². The highest BCUT2D eigenvalue weighted by Gasteiger charge is 2.26. The number of halogens is 1. The molecule has 29 heavy (non-hydrogen) atoms. The Morgan fingerprint density at radius 1 is 1.24 bits per heavy atom. The lowest BCUT2D eigenvalue weighted by molar-refractivity contribution is -0.140. The Morgan fingerprint density at radius 3 is 2.62 bits per heavy atom. The van der Waals surface area contributed by atoms with Gasteiger partial charge in [-0.05, 0) is 72.2 Å². The van der Waals surface area contributed by atoms with Gasteiger partial charge in [-0.2, -0.15) is 0 Å². The minimum Gasteiger partial charge on any atom is -0.469 e. The molecule has 0 heterocycles. The fourth-order valence-electron chi connectivity index (χ4n) is 3.77. The van der Waals surface area contributed by atoms with Crippen LogP contribution in [0.25, 0.3) is 0 Å². The van der Waals surface area contributed by atoms with Gasteiger partial charge in [-0.25, -0.2) is 13.1 Å². The molecule has 0 aromatic heterocycles. The highest BCUT2D eigenvalue weighted by Crippen LogP contribution is 2.29. The minimum absolute atomic E-state index is 0.101. The van der Waals surface area contributed by atoms with Crippen LogP contribution in [-0.2, 0) is 45.4 Å². The third-order valence-corrected chi connectivity index (χ3v) is 7.05. The summed E-state index contributed by atoms with van der Waals surface area (Å²) in [6, 6.07) is 9.63. The van der Waals surface area contributed by atoms with Gasteiger partial charge < -0.3 is 9.84 Å². The van der Waals surface area contributed by atoms with Crippen molar-refractivity contribution in [2.75, 3.05) is 7.11 Å². The molecule has 1 aliphatic rings. The van der Waals surface area contributed by atoms with Crippen molar-refractivity contribution in [2.45, 2.75) is 49.6 Å². The number of aliphatic hydroxyl groups is 1. The molecular weight excluding hydrogens is 414 g/mol. The van der Waals surface area contributed by atoms with Crippen LogP contribution in [0.3, 0.4) is 0 Å². The first-order valence-electron chi connectivity index (χ1n) is 9.42. The summed E-state index contributed by atoms with van der Waals surface area (Å²) in [7, 11) is -2.28. The van der Waals surface area contributed by atoms with Gasteiger partial charge in [0.1, 0.15) is 0 Å². The number of aliphatic hydroxyl groups excluding tert-OH is 1. The molecule has 2 N–H and O–H groups in total. The molecular formula is C21H24ClNO5S. The molecule has 1 atom stereocenters. The van der Waals surface area contributed by atoms with Gasteiger partial charge in [0.05, 0.1) is 18.6 Å². The Labute approximate surface area is 175 Å². The van der Waals surface area contributed by atoms with Crippen molar-refractivity contribution in [2.24, 2.45) is 0 Å². The first-order valence-corrected chi connectivity index (χ1v) is 11.3. The van der Waals surface area contributed by atoms with Crippen LogP contribution in [0.15, 0.2) is 41.3 Å². The van der Waals surface area contributed by atoms with Crippen LogP contribution >= 0.6 is 11.6 Å². The number of methoxy groups -OCH3 is 1. The molecule has 0 amide bonds. The summed E-state index contributed by atoms with van der Waals surface area (Å²) in [6.45, 7) is -0.101. The van der Waals surface area contributed by atoms with E-state index in [9.17, 15) is 18.3 Å². The lowest BCUT2D eigenvalue weighted by Gasteiger charge is -2.28. The Bertz CT molecular complexity index is 989. The molecule has 0 fully saturated rings. The van der Waals surface area contributed by atoms with Crippen molar-refractivity contribution >= 4 is 27.6 Å². The predicted octanol–water partition coefficient (Wildman–Crippen LogP) is 2.77. The molecule has 156 valence electrons. The molecule has 6 nitrogen and oxygen atoms in total. The third-order valence-electron chi connectivity index (χ3n) is 5.26. The number of nitrogens with one attached hydrogen (secondary N) is 1. The predicted molar refractivity (Wildman–Crippen MR) is 110 cm³/mol. The second kappa shape index (κ2) is 9.26. The van der Waals surface area contributed by atoms with E-state index in [1.807, 2.05) is 12.1 Å². The molecule has 0 aliphatic heterocycles. The number of carbonyl (C=O) groups excluding carboxylic acids is 1. The summed E-state index contributed by atoms with van der Waals surface area (Å²) < 4.78 is 32.8. The quantitative estimate of drug-likeness (QED) is 0.650. The molecule has 1 unspecified atom stereocenters. The first-order chi connectivity index (χ1) is 13.8. The van der Waals surface area contributed by atoms with Gasteiger partial charge in [0, 0.05) is 17.5 Å². The normalized spacial score (nSPS) is 16.3. The average Bonchev–Trinajstić information content (AvgIpc) is 2.71. The van der Waals surface area contributed by atoms with E-state index in [0.717, 1.165) is 22.3 Å². The first kappa shape index (κ1) is 21.8. The van der Waals surface area contributed by atoms with E-state index in [0.29, 0.717) is 30.7 Å². The number of rotatable bonds is 7. The van der Waals surface area contributed by atoms with Crippen LogP contribution in [0, 0.1) is 0 Å². The van der Waals surface area contributed by atoms with Gasteiger partial charge in [-0.15, -0.1) is 0 Å².